The highest BCUT2D eigenvalue weighted by molar-refractivity contribution is 7.25. The molecule has 45 heavy (non-hydrogen) atoms. The maximum Gasteiger partial charge on any atom is 0.227 e. The number of benzene rings is 6. The number of hydrogen-bond acceptors (Lipinski definition) is 4. The Balaban J connectivity index is 1.17. The molecule has 3 nitrogen and oxygen atoms in total. The summed E-state index contributed by atoms with van der Waals surface area (Å²) in [5.74, 6) is 0. The van der Waals surface area contributed by atoms with Crippen molar-refractivity contribution < 1.29 is 4.42 Å². The molecule has 3 aromatic heterocycles. The molecule has 3 heterocycles. The molecule has 4 heteroatoms. The zero-order valence-corrected chi connectivity index (χ0v) is 25.0. The van der Waals surface area contributed by atoms with E-state index < -0.39 is 0 Å². The van der Waals surface area contributed by atoms with E-state index in [1.165, 1.54) is 31.3 Å². The Morgan fingerprint density at radius 1 is 0.467 bits per heavy atom. The van der Waals surface area contributed by atoms with E-state index in [2.05, 4.69) is 155 Å². The molecule has 9 aromatic rings. The lowest BCUT2D eigenvalue weighted by molar-refractivity contribution is 0.655. The van der Waals surface area contributed by atoms with E-state index in [0.29, 0.717) is 5.71 Å². The van der Waals surface area contributed by atoms with Gasteiger partial charge in [0.1, 0.15) is 5.58 Å². The molecule has 0 aliphatic carbocycles. The van der Waals surface area contributed by atoms with Crippen molar-refractivity contribution in [3.63, 3.8) is 0 Å². The molecule has 6 aromatic carbocycles. The van der Waals surface area contributed by atoms with E-state index in [4.69, 9.17) is 4.42 Å². The quantitative estimate of drug-likeness (QED) is 0.198. The van der Waals surface area contributed by atoms with Gasteiger partial charge in [0, 0.05) is 59.8 Å². The molecule has 0 amide bonds. The molecular formula is C41H26N2OS. The van der Waals surface area contributed by atoms with Gasteiger partial charge in [-0.25, -0.2) is 4.98 Å². The third-order valence-corrected chi connectivity index (χ3v) is 9.71. The molecular weight excluding hydrogens is 569 g/mol. The van der Waals surface area contributed by atoms with Crippen molar-refractivity contribution in [2.75, 3.05) is 4.90 Å². The van der Waals surface area contributed by atoms with Crippen LogP contribution in [0.4, 0.5) is 17.1 Å². The topological polar surface area (TPSA) is 29.3 Å². The number of hydrogen-bond donors (Lipinski definition) is 0. The summed E-state index contributed by atoms with van der Waals surface area (Å²) in [6.45, 7) is 0. The molecule has 0 N–H and O–H groups in total. The number of pyridine rings is 1. The minimum absolute atomic E-state index is 0.665. The summed E-state index contributed by atoms with van der Waals surface area (Å²) in [4.78, 5) is 6.79. The maximum atomic E-state index is 6.25. The summed E-state index contributed by atoms with van der Waals surface area (Å²) in [5.41, 5.74) is 9.40. The molecule has 0 fully saturated rings. The Morgan fingerprint density at radius 2 is 1.11 bits per heavy atom. The lowest BCUT2D eigenvalue weighted by atomic mass is 10.0. The van der Waals surface area contributed by atoms with Crippen molar-refractivity contribution in [2.45, 2.75) is 0 Å². The van der Waals surface area contributed by atoms with Gasteiger partial charge in [0.05, 0.1) is 0 Å². The Morgan fingerprint density at radius 3 is 1.93 bits per heavy atom. The van der Waals surface area contributed by atoms with E-state index in [1.807, 2.05) is 17.4 Å². The highest BCUT2D eigenvalue weighted by atomic mass is 32.1. The normalized spacial score (nSPS) is 11.6. The maximum absolute atomic E-state index is 6.25. The number of anilines is 3. The van der Waals surface area contributed by atoms with E-state index in [-0.39, 0.29) is 0 Å². The van der Waals surface area contributed by atoms with Crippen molar-refractivity contribution >= 4 is 70.6 Å². The first-order valence-electron chi connectivity index (χ1n) is 15.0. The van der Waals surface area contributed by atoms with Crippen molar-refractivity contribution in [3.05, 3.63) is 158 Å². The standard InChI is InChI=1S/C41H26N2OS/c1-2-8-27(9-3-1)28-15-19-30(20-16-28)43(32-23-24-39-37(26-32)34-10-4-5-14-38(34)45-39)31-21-17-29(18-22-31)33-11-6-12-35-36-13-7-25-42-41(36)44-40(33)35/h1-26H. The van der Waals surface area contributed by atoms with Crippen molar-refractivity contribution in [3.8, 4) is 22.3 Å². The van der Waals surface area contributed by atoms with E-state index in [9.17, 15) is 0 Å². The molecule has 0 aliphatic heterocycles. The number of nitrogens with zero attached hydrogens (tertiary/aromatic N) is 2. The number of furan rings is 1. The van der Waals surface area contributed by atoms with Gasteiger partial charge in [0.15, 0.2) is 0 Å². The summed E-state index contributed by atoms with van der Waals surface area (Å²) in [6, 6.07) is 54.0. The summed E-state index contributed by atoms with van der Waals surface area (Å²) < 4.78 is 8.85. The molecule has 0 saturated carbocycles. The van der Waals surface area contributed by atoms with Crippen LogP contribution < -0.4 is 4.90 Å². The van der Waals surface area contributed by atoms with Crippen LogP contribution in [-0.4, -0.2) is 4.98 Å². The SMILES string of the molecule is c1ccc(-c2ccc(N(c3ccc(-c4cccc5c4oc4ncccc45)cc3)c3ccc4sc5ccccc5c4c3)cc2)cc1. The van der Waals surface area contributed by atoms with Gasteiger partial charge in [-0.05, 0) is 77.4 Å². The highest BCUT2D eigenvalue weighted by Crippen LogP contribution is 2.42. The van der Waals surface area contributed by atoms with Crippen LogP contribution in [0.1, 0.15) is 0 Å². The molecule has 0 unspecified atom stereocenters. The monoisotopic (exact) mass is 594 g/mol. The first-order chi connectivity index (χ1) is 22.3. The highest BCUT2D eigenvalue weighted by Gasteiger charge is 2.17. The van der Waals surface area contributed by atoms with Gasteiger partial charge in [-0.15, -0.1) is 11.3 Å². The lowest BCUT2D eigenvalue weighted by Gasteiger charge is -2.26. The zero-order valence-electron chi connectivity index (χ0n) is 24.2. The fourth-order valence-corrected chi connectivity index (χ4v) is 7.47. The fraction of sp³-hybridized carbons (Fsp3) is 0. The van der Waals surface area contributed by atoms with Gasteiger partial charge in [-0.1, -0.05) is 91.0 Å². The van der Waals surface area contributed by atoms with Gasteiger partial charge < -0.3 is 9.32 Å². The number of para-hydroxylation sites is 1. The molecule has 0 radical (unpaired) electrons. The van der Waals surface area contributed by atoms with Crippen molar-refractivity contribution in [2.24, 2.45) is 0 Å². The van der Waals surface area contributed by atoms with Crippen LogP contribution >= 0.6 is 11.3 Å². The first-order valence-corrected chi connectivity index (χ1v) is 15.9. The average molecular weight is 595 g/mol. The van der Waals surface area contributed by atoms with Crippen LogP contribution in [0, 0.1) is 0 Å². The van der Waals surface area contributed by atoms with E-state index in [0.717, 1.165) is 44.5 Å². The third kappa shape index (κ3) is 4.38. The van der Waals surface area contributed by atoms with Crippen LogP contribution in [0.15, 0.2) is 162 Å². The minimum Gasteiger partial charge on any atom is -0.437 e. The molecule has 0 saturated heterocycles. The van der Waals surface area contributed by atoms with Crippen molar-refractivity contribution in [1.29, 1.82) is 0 Å². The van der Waals surface area contributed by atoms with E-state index >= 15 is 0 Å². The Hall–Kier alpha value is -5.71. The number of aromatic nitrogens is 1. The molecule has 0 aliphatic rings. The summed E-state index contributed by atoms with van der Waals surface area (Å²) in [5, 5.41) is 4.69. The van der Waals surface area contributed by atoms with Crippen LogP contribution in [0.2, 0.25) is 0 Å². The Bertz CT molecular complexity index is 2480. The molecule has 0 bridgehead atoms. The molecule has 9 rings (SSSR count). The number of fused-ring (bicyclic) bond motifs is 6. The molecule has 0 spiro atoms. The Labute approximate surface area is 264 Å². The summed E-state index contributed by atoms with van der Waals surface area (Å²) in [6.07, 6.45) is 1.77. The van der Waals surface area contributed by atoms with Gasteiger partial charge in [-0.2, -0.15) is 0 Å². The third-order valence-electron chi connectivity index (χ3n) is 8.56. The minimum atomic E-state index is 0.665. The fourth-order valence-electron chi connectivity index (χ4n) is 6.38. The lowest BCUT2D eigenvalue weighted by Crippen LogP contribution is -2.09. The second-order valence-electron chi connectivity index (χ2n) is 11.2. The molecule has 0 atom stereocenters. The average Bonchev–Trinajstić information content (AvgIpc) is 3.68. The predicted molar refractivity (Wildman–Crippen MR) is 190 cm³/mol. The van der Waals surface area contributed by atoms with Crippen molar-refractivity contribution in [1.82, 2.24) is 4.98 Å². The zero-order chi connectivity index (χ0) is 29.7. The smallest absolute Gasteiger partial charge is 0.227 e. The second kappa shape index (κ2) is 10.5. The summed E-state index contributed by atoms with van der Waals surface area (Å²) in [7, 11) is 0. The summed E-state index contributed by atoms with van der Waals surface area (Å²) >= 11 is 1.84. The first kappa shape index (κ1) is 25.8. The van der Waals surface area contributed by atoms with Gasteiger partial charge in [-0.3, -0.25) is 0 Å². The molecule has 212 valence electrons. The van der Waals surface area contributed by atoms with Gasteiger partial charge in [0.2, 0.25) is 5.71 Å². The van der Waals surface area contributed by atoms with Gasteiger partial charge in [0.25, 0.3) is 0 Å². The Kier molecular flexibility index (Phi) is 6.00. The van der Waals surface area contributed by atoms with Crippen LogP contribution in [0.25, 0.3) is 64.5 Å². The van der Waals surface area contributed by atoms with Crippen LogP contribution in [0.5, 0.6) is 0 Å². The van der Waals surface area contributed by atoms with E-state index in [1.54, 1.807) is 6.20 Å². The van der Waals surface area contributed by atoms with Crippen LogP contribution in [0.3, 0.4) is 0 Å². The van der Waals surface area contributed by atoms with Crippen LogP contribution in [-0.2, 0) is 0 Å². The largest absolute Gasteiger partial charge is 0.437 e. The number of rotatable bonds is 5. The predicted octanol–water partition coefficient (Wildman–Crippen LogP) is 12.2. The number of thiophene rings is 1. The second-order valence-corrected chi connectivity index (χ2v) is 12.3. The van der Waals surface area contributed by atoms with Gasteiger partial charge >= 0.3 is 0 Å².